The smallest absolute Gasteiger partial charge is 0.322 e. The van der Waals surface area contributed by atoms with Crippen LogP contribution in [0.5, 0.6) is 17.5 Å². The van der Waals surface area contributed by atoms with Crippen LogP contribution in [0.2, 0.25) is 0 Å². The van der Waals surface area contributed by atoms with Crippen molar-refractivity contribution in [3.8, 4) is 17.5 Å². The fraction of sp³-hybridized carbons (Fsp3) is 0.280. The summed E-state index contributed by atoms with van der Waals surface area (Å²) in [6.07, 6.45) is 0.134. The summed E-state index contributed by atoms with van der Waals surface area (Å²) in [5.74, 6) is 0.301. The highest BCUT2D eigenvalue weighted by molar-refractivity contribution is 6.04. The van der Waals surface area contributed by atoms with Crippen LogP contribution >= 0.6 is 0 Å². The van der Waals surface area contributed by atoms with Gasteiger partial charge < -0.3 is 19.7 Å². The molecule has 1 aliphatic heterocycles. The Morgan fingerprint density at radius 1 is 1.06 bits per heavy atom. The third kappa shape index (κ3) is 5.11. The number of nitrogens with zero attached hydrogens (tertiary/aromatic N) is 3. The Hall–Kier alpha value is -3.94. The highest BCUT2D eigenvalue weighted by Crippen LogP contribution is 2.34. The predicted molar refractivity (Wildman–Crippen MR) is 125 cm³/mol. The van der Waals surface area contributed by atoms with Crippen molar-refractivity contribution >= 4 is 23.2 Å². The summed E-state index contributed by atoms with van der Waals surface area (Å²) >= 11 is 0. The van der Waals surface area contributed by atoms with Gasteiger partial charge in [-0.15, -0.1) is 0 Å². The van der Waals surface area contributed by atoms with E-state index in [1.54, 1.807) is 36.3 Å². The number of ether oxygens (including phenoxy) is 2. The lowest BCUT2D eigenvalue weighted by atomic mass is 10.1. The molecule has 0 saturated carbocycles. The summed E-state index contributed by atoms with van der Waals surface area (Å²) in [5, 5.41) is 2.90. The maximum atomic E-state index is 12.9. The average Bonchev–Trinajstić information content (AvgIpc) is 3.15. The van der Waals surface area contributed by atoms with Crippen LogP contribution in [0.1, 0.15) is 23.4 Å². The molecule has 1 aliphatic rings. The zero-order chi connectivity index (χ0) is 23.5. The summed E-state index contributed by atoms with van der Waals surface area (Å²) in [4.78, 5) is 35.8. The Morgan fingerprint density at radius 2 is 1.82 bits per heavy atom. The first-order valence-corrected chi connectivity index (χ1v) is 10.7. The van der Waals surface area contributed by atoms with Crippen LogP contribution < -0.4 is 19.7 Å². The molecule has 33 heavy (non-hydrogen) atoms. The van der Waals surface area contributed by atoms with Crippen molar-refractivity contribution in [1.29, 1.82) is 0 Å². The number of amides is 2. The Bertz CT molecular complexity index is 1190. The zero-order valence-corrected chi connectivity index (χ0v) is 19.1. The number of rotatable bonds is 6. The zero-order valence-electron chi connectivity index (χ0n) is 19.1. The van der Waals surface area contributed by atoms with Crippen molar-refractivity contribution in [2.45, 2.75) is 27.2 Å². The standard InChI is InChI=1S/C25H26N4O4/c1-15-8-9-22(32-4)21(10-15)29-14-18(12-23(29)30)24(31)28-19-6-5-7-20(13-19)33-25-26-16(2)11-17(3)27-25/h5-11,13,18H,12,14H2,1-4H3,(H,28,31). The first kappa shape index (κ1) is 22.3. The number of nitrogens with one attached hydrogen (secondary N) is 1. The summed E-state index contributed by atoms with van der Waals surface area (Å²) < 4.78 is 11.2. The molecule has 170 valence electrons. The Labute approximate surface area is 192 Å². The predicted octanol–water partition coefficient (Wildman–Crippen LogP) is 4.19. The number of benzene rings is 2. The van der Waals surface area contributed by atoms with Crippen LogP contribution in [0.25, 0.3) is 0 Å². The van der Waals surface area contributed by atoms with Crippen molar-refractivity contribution in [2.24, 2.45) is 5.92 Å². The SMILES string of the molecule is COc1ccc(C)cc1N1CC(C(=O)Nc2cccc(Oc3nc(C)cc(C)n3)c2)CC1=O. The number of carbonyl (C=O) groups is 2. The lowest BCUT2D eigenvalue weighted by Gasteiger charge is -2.20. The fourth-order valence-corrected chi connectivity index (χ4v) is 3.85. The van der Waals surface area contributed by atoms with Gasteiger partial charge in [0.2, 0.25) is 11.8 Å². The fourth-order valence-electron chi connectivity index (χ4n) is 3.85. The first-order chi connectivity index (χ1) is 15.8. The molecule has 1 atom stereocenters. The number of aryl methyl sites for hydroxylation is 3. The molecule has 0 radical (unpaired) electrons. The number of hydrogen-bond acceptors (Lipinski definition) is 6. The molecule has 2 aromatic carbocycles. The van der Waals surface area contributed by atoms with Crippen LogP contribution in [-0.4, -0.2) is 35.4 Å². The minimum atomic E-state index is -0.477. The molecule has 8 heteroatoms. The van der Waals surface area contributed by atoms with Crippen molar-refractivity contribution < 1.29 is 19.1 Å². The van der Waals surface area contributed by atoms with Gasteiger partial charge in [-0.3, -0.25) is 9.59 Å². The molecule has 1 fully saturated rings. The quantitative estimate of drug-likeness (QED) is 0.610. The van der Waals surface area contributed by atoms with E-state index in [1.807, 2.05) is 45.0 Å². The molecule has 2 heterocycles. The van der Waals surface area contributed by atoms with E-state index < -0.39 is 5.92 Å². The van der Waals surface area contributed by atoms with Gasteiger partial charge >= 0.3 is 6.01 Å². The monoisotopic (exact) mass is 446 g/mol. The van der Waals surface area contributed by atoms with E-state index in [9.17, 15) is 9.59 Å². The molecule has 4 rings (SSSR count). The molecular weight excluding hydrogens is 420 g/mol. The highest BCUT2D eigenvalue weighted by atomic mass is 16.5. The van der Waals surface area contributed by atoms with E-state index in [4.69, 9.17) is 9.47 Å². The van der Waals surface area contributed by atoms with Crippen molar-refractivity contribution in [3.63, 3.8) is 0 Å². The van der Waals surface area contributed by atoms with Crippen molar-refractivity contribution in [2.75, 3.05) is 23.9 Å². The molecule has 1 aromatic heterocycles. The third-order valence-electron chi connectivity index (χ3n) is 5.39. The Morgan fingerprint density at radius 3 is 2.55 bits per heavy atom. The second kappa shape index (κ2) is 9.28. The van der Waals surface area contributed by atoms with E-state index in [0.717, 1.165) is 17.0 Å². The largest absolute Gasteiger partial charge is 0.495 e. The maximum Gasteiger partial charge on any atom is 0.322 e. The van der Waals surface area contributed by atoms with E-state index in [2.05, 4.69) is 15.3 Å². The molecule has 8 nitrogen and oxygen atoms in total. The normalized spacial score (nSPS) is 15.5. The summed E-state index contributed by atoms with van der Waals surface area (Å²) in [6, 6.07) is 14.8. The minimum Gasteiger partial charge on any atom is -0.495 e. The van der Waals surface area contributed by atoms with Gasteiger partial charge in [-0.05, 0) is 56.7 Å². The number of carbonyl (C=O) groups excluding carboxylic acids is 2. The molecule has 3 aromatic rings. The maximum absolute atomic E-state index is 12.9. The van der Waals surface area contributed by atoms with Crippen LogP contribution in [0, 0.1) is 26.7 Å². The van der Waals surface area contributed by atoms with Crippen LogP contribution in [0.3, 0.4) is 0 Å². The van der Waals surface area contributed by atoms with Gasteiger partial charge in [0, 0.05) is 36.1 Å². The topological polar surface area (TPSA) is 93.7 Å². The first-order valence-electron chi connectivity index (χ1n) is 10.7. The van der Waals surface area contributed by atoms with Gasteiger partial charge in [0.25, 0.3) is 0 Å². The van der Waals surface area contributed by atoms with Gasteiger partial charge in [-0.25, -0.2) is 9.97 Å². The van der Waals surface area contributed by atoms with Gasteiger partial charge in [-0.2, -0.15) is 0 Å². The number of methoxy groups -OCH3 is 1. The second-order valence-electron chi connectivity index (χ2n) is 8.13. The lowest BCUT2D eigenvalue weighted by molar-refractivity contribution is -0.122. The molecule has 0 spiro atoms. The second-order valence-corrected chi connectivity index (χ2v) is 8.13. The van der Waals surface area contributed by atoms with Crippen LogP contribution in [0.4, 0.5) is 11.4 Å². The molecule has 1 N–H and O–H groups in total. The Kier molecular flexibility index (Phi) is 6.26. The highest BCUT2D eigenvalue weighted by Gasteiger charge is 2.36. The van der Waals surface area contributed by atoms with E-state index >= 15 is 0 Å². The van der Waals surface area contributed by atoms with Gasteiger partial charge in [0.15, 0.2) is 0 Å². The summed E-state index contributed by atoms with van der Waals surface area (Å²) in [5.41, 5.74) is 3.88. The molecule has 1 saturated heterocycles. The van der Waals surface area contributed by atoms with E-state index in [0.29, 0.717) is 22.9 Å². The van der Waals surface area contributed by atoms with E-state index in [1.165, 1.54) is 0 Å². The molecule has 1 unspecified atom stereocenters. The number of hydrogen-bond donors (Lipinski definition) is 1. The van der Waals surface area contributed by atoms with Gasteiger partial charge in [-0.1, -0.05) is 12.1 Å². The Balaban J connectivity index is 1.45. The molecular formula is C25H26N4O4. The lowest BCUT2D eigenvalue weighted by Crippen LogP contribution is -2.28. The van der Waals surface area contributed by atoms with Gasteiger partial charge in [0.1, 0.15) is 11.5 Å². The molecule has 0 aliphatic carbocycles. The van der Waals surface area contributed by atoms with Crippen molar-refractivity contribution in [3.05, 3.63) is 65.5 Å². The van der Waals surface area contributed by atoms with Crippen molar-refractivity contribution in [1.82, 2.24) is 9.97 Å². The molecule has 0 bridgehead atoms. The van der Waals surface area contributed by atoms with E-state index in [-0.39, 0.29) is 30.8 Å². The number of anilines is 2. The van der Waals surface area contributed by atoms with Gasteiger partial charge in [0.05, 0.1) is 18.7 Å². The minimum absolute atomic E-state index is 0.108. The van der Waals surface area contributed by atoms with Crippen LogP contribution in [0.15, 0.2) is 48.5 Å². The number of aromatic nitrogens is 2. The summed E-state index contributed by atoms with van der Waals surface area (Å²) in [6.45, 7) is 5.98. The molecule has 2 amide bonds. The summed E-state index contributed by atoms with van der Waals surface area (Å²) in [7, 11) is 1.57. The van der Waals surface area contributed by atoms with Crippen LogP contribution in [-0.2, 0) is 9.59 Å². The average molecular weight is 447 g/mol. The third-order valence-corrected chi connectivity index (χ3v) is 5.39.